The highest BCUT2D eigenvalue weighted by Crippen LogP contribution is 2.33. The van der Waals surface area contributed by atoms with Gasteiger partial charge in [-0.3, -0.25) is 9.89 Å². The van der Waals surface area contributed by atoms with E-state index in [0.717, 1.165) is 17.8 Å². The van der Waals surface area contributed by atoms with Gasteiger partial charge in [-0.1, -0.05) is 13.0 Å². The lowest BCUT2D eigenvalue weighted by Crippen LogP contribution is -2.13. The molecule has 88 valence electrons. The van der Waals surface area contributed by atoms with Crippen LogP contribution in [0.5, 0.6) is 0 Å². The minimum atomic E-state index is 0.00750. The summed E-state index contributed by atoms with van der Waals surface area (Å²) < 4.78 is 1.61. The molecule has 17 heavy (non-hydrogen) atoms. The molecule has 1 aromatic carbocycles. The molecule has 3 nitrogen and oxygen atoms in total. The summed E-state index contributed by atoms with van der Waals surface area (Å²) in [5, 5.41) is 3.07. The van der Waals surface area contributed by atoms with Crippen molar-refractivity contribution in [3.63, 3.8) is 0 Å². The third-order valence-corrected chi connectivity index (χ3v) is 3.61. The van der Waals surface area contributed by atoms with Crippen LogP contribution in [-0.2, 0) is 6.42 Å². The molecule has 1 aliphatic carbocycles. The molecule has 1 atom stereocenters. The summed E-state index contributed by atoms with van der Waals surface area (Å²) in [6.07, 6.45) is 2.38. The number of nitrogens with zero attached hydrogens (tertiary/aromatic N) is 1. The van der Waals surface area contributed by atoms with Gasteiger partial charge in [-0.15, -0.1) is 0 Å². The van der Waals surface area contributed by atoms with Crippen molar-refractivity contribution in [2.75, 3.05) is 0 Å². The van der Waals surface area contributed by atoms with Crippen molar-refractivity contribution >= 4 is 0 Å². The van der Waals surface area contributed by atoms with Gasteiger partial charge in [0.15, 0.2) is 0 Å². The minimum absolute atomic E-state index is 0.00750. The standard InChI is InChI=1S/C14H16N2O/c1-9-3-4-11-5-6-12(8-13(9)11)16-14(17)7-10(2)15-16/h5-9,15H,3-4H2,1-2H3. The number of benzene rings is 1. The molecular formula is C14H16N2O. The average molecular weight is 228 g/mol. The molecule has 0 amide bonds. The Labute approximate surface area is 100 Å². The van der Waals surface area contributed by atoms with Gasteiger partial charge < -0.3 is 0 Å². The monoisotopic (exact) mass is 228 g/mol. The quantitative estimate of drug-likeness (QED) is 0.800. The zero-order valence-electron chi connectivity index (χ0n) is 10.2. The number of H-pyrrole nitrogens is 1. The molecule has 0 fully saturated rings. The van der Waals surface area contributed by atoms with Gasteiger partial charge in [-0.25, -0.2) is 4.68 Å². The number of aromatic amines is 1. The highest BCUT2D eigenvalue weighted by atomic mass is 16.1. The van der Waals surface area contributed by atoms with Gasteiger partial charge in [-0.2, -0.15) is 0 Å². The number of aryl methyl sites for hydroxylation is 2. The fourth-order valence-corrected chi connectivity index (χ4v) is 2.64. The van der Waals surface area contributed by atoms with E-state index in [1.165, 1.54) is 17.5 Å². The maximum Gasteiger partial charge on any atom is 0.271 e. The summed E-state index contributed by atoms with van der Waals surface area (Å²) in [7, 11) is 0. The summed E-state index contributed by atoms with van der Waals surface area (Å²) in [6, 6.07) is 7.94. The van der Waals surface area contributed by atoms with Crippen molar-refractivity contribution in [2.45, 2.75) is 32.6 Å². The first kappa shape index (κ1) is 10.4. The molecule has 0 radical (unpaired) electrons. The maximum atomic E-state index is 11.8. The lowest BCUT2D eigenvalue weighted by molar-refractivity contribution is 0.745. The molecule has 2 aromatic rings. The maximum absolute atomic E-state index is 11.8. The van der Waals surface area contributed by atoms with Crippen LogP contribution in [0.2, 0.25) is 0 Å². The molecule has 0 bridgehead atoms. The van der Waals surface area contributed by atoms with E-state index in [4.69, 9.17) is 0 Å². The van der Waals surface area contributed by atoms with Crippen LogP contribution in [0.4, 0.5) is 0 Å². The van der Waals surface area contributed by atoms with E-state index in [1.54, 1.807) is 10.7 Å². The van der Waals surface area contributed by atoms with Gasteiger partial charge in [0.25, 0.3) is 5.56 Å². The Morgan fingerprint density at radius 3 is 2.88 bits per heavy atom. The number of fused-ring (bicyclic) bond motifs is 1. The second kappa shape index (κ2) is 3.62. The lowest BCUT2D eigenvalue weighted by Gasteiger charge is -2.08. The molecule has 0 spiro atoms. The van der Waals surface area contributed by atoms with Crippen molar-refractivity contribution in [3.8, 4) is 5.69 Å². The number of hydrogen-bond acceptors (Lipinski definition) is 1. The Morgan fingerprint density at radius 2 is 2.18 bits per heavy atom. The zero-order valence-corrected chi connectivity index (χ0v) is 10.2. The Morgan fingerprint density at radius 1 is 1.35 bits per heavy atom. The molecule has 1 N–H and O–H groups in total. The normalized spacial score (nSPS) is 18.4. The Hall–Kier alpha value is -1.77. The van der Waals surface area contributed by atoms with E-state index < -0.39 is 0 Å². The molecule has 0 saturated heterocycles. The van der Waals surface area contributed by atoms with E-state index >= 15 is 0 Å². The van der Waals surface area contributed by atoms with Gasteiger partial charge >= 0.3 is 0 Å². The van der Waals surface area contributed by atoms with Crippen LogP contribution in [0.1, 0.15) is 36.1 Å². The third kappa shape index (κ3) is 1.62. The molecule has 0 aliphatic heterocycles. The predicted molar refractivity (Wildman–Crippen MR) is 67.9 cm³/mol. The first-order chi connectivity index (χ1) is 8.15. The zero-order chi connectivity index (χ0) is 12.0. The van der Waals surface area contributed by atoms with Gasteiger partial charge in [0.05, 0.1) is 5.69 Å². The van der Waals surface area contributed by atoms with Crippen molar-refractivity contribution < 1.29 is 0 Å². The van der Waals surface area contributed by atoms with Gasteiger partial charge in [0.2, 0.25) is 0 Å². The van der Waals surface area contributed by atoms with Crippen LogP contribution in [0.3, 0.4) is 0 Å². The first-order valence-electron chi connectivity index (χ1n) is 6.07. The SMILES string of the molecule is Cc1cc(=O)n(-c2ccc3c(c2)C(C)CC3)[nH]1. The highest BCUT2D eigenvalue weighted by molar-refractivity contribution is 5.44. The van der Waals surface area contributed by atoms with Crippen molar-refractivity contribution in [2.24, 2.45) is 0 Å². The Kier molecular flexibility index (Phi) is 2.21. The van der Waals surface area contributed by atoms with Crippen LogP contribution in [0.25, 0.3) is 5.69 Å². The molecular weight excluding hydrogens is 212 g/mol. The Balaban J connectivity index is 2.14. The van der Waals surface area contributed by atoms with Crippen LogP contribution in [0, 0.1) is 6.92 Å². The molecule has 1 unspecified atom stereocenters. The molecule has 1 aromatic heterocycles. The summed E-state index contributed by atoms with van der Waals surface area (Å²) >= 11 is 0. The van der Waals surface area contributed by atoms with Crippen molar-refractivity contribution in [1.29, 1.82) is 0 Å². The van der Waals surface area contributed by atoms with E-state index in [1.807, 2.05) is 13.0 Å². The second-order valence-corrected chi connectivity index (χ2v) is 4.94. The van der Waals surface area contributed by atoms with Gasteiger partial charge in [0, 0.05) is 11.8 Å². The number of nitrogens with one attached hydrogen (secondary N) is 1. The fourth-order valence-electron chi connectivity index (χ4n) is 2.64. The average Bonchev–Trinajstić information content (AvgIpc) is 2.83. The van der Waals surface area contributed by atoms with Crippen LogP contribution >= 0.6 is 0 Å². The largest absolute Gasteiger partial charge is 0.295 e. The van der Waals surface area contributed by atoms with Gasteiger partial charge in [0.1, 0.15) is 0 Å². The summed E-state index contributed by atoms with van der Waals surface area (Å²) in [5.41, 5.74) is 4.66. The number of aromatic nitrogens is 2. The number of rotatable bonds is 1. The lowest BCUT2D eigenvalue weighted by atomic mass is 10.0. The fraction of sp³-hybridized carbons (Fsp3) is 0.357. The molecule has 3 rings (SSSR count). The van der Waals surface area contributed by atoms with Crippen molar-refractivity contribution in [3.05, 3.63) is 51.4 Å². The molecule has 1 heterocycles. The minimum Gasteiger partial charge on any atom is -0.295 e. The van der Waals surface area contributed by atoms with E-state index in [-0.39, 0.29) is 5.56 Å². The highest BCUT2D eigenvalue weighted by Gasteiger charge is 2.19. The molecule has 0 saturated carbocycles. The molecule has 1 aliphatic rings. The smallest absolute Gasteiger partial charge is 0.271 e. The second-order valence-electron chi connectivity index (χ2n) is 4.94. The number of hydrogen-bond donors (Lipinski definition) is 1. The first-order valence-corrected chi connectivity index (χ1v) is 6.07. The topological polar surface area (TPSA) is 37.8 Å². The van der Waals surface area contributed by atoms with Crippen molar-refractivity contribution in [1.82, 2.24) is 9.78 Å². The van der Waals surface area contributed by atoms with E-state index in [2.05, 4.69) is 24.2 Å². The predicted octanol–water partition coefficient (Wildman–Crippen LogP) is 2.52. The molecule has 3 heteroatoms. The van der Waals surface area contributed by atoms with Crippen LogP contribution in [0.15, 0.2) is 29.1 Å². The summed E-state index contributed by atoms with van der Waals surface area (Å²) in [4.78, 5) is 11.8. The van der Waals surface area contributed by atoms with Crippen LogP contribution in [-0.4, -0.2) is 9.78 Å². The summed E-state index contributed by atoms with van der Waals surface area (Å²) in [6.45, 7) is 4.15. The third-order valence-electron chi connectivity index (χ3n) is 3.61. The van der Waals surface area contributed by atoms with E-state index in [0.29, 0.717) is 5.92 Å². The summed E-state index contributed by atoms with van der Waals surface area (Å²) in [5.74, 6) is 0.608. The van der Waals surface area contributed by atoms with Crippen LogP contribution < -0.4 is 5.56 Å². The van der Waals surface area contributed by atoms with E-state index in [9.17, 15) is 4.79 Å². The Bertz CT molecular complexity index is 621. The van der Waals surface area contributed by atoms with Gasteiger partial charge in [-0.05, 0) is 48.9 Å².